The quantitative estimate of drug-likeness (QED) is 0.822. The molecule has 0 aliphatic rings. The Labute approximate surface area is 137 Å². The molecule has 1 N–H and O–H groups in total. The molecule has 114 valence electrons. The minimum absolute atomic E-state index is 0.175. The summed E-state index contributed by atoms with van der Waals surface area (Å²) in [6.07, 6.45) is 0.667. The molecule has 0 radical (unpaired) electrons. The van der Waals surface area contributed by atoms with E-state index in [4.69, 9.17) is 4.74 Å². The van der Waals surface area contributed by atoms with Crippen LogP contribution in [0.1, 0.15) is 12.5 Å². The van der Waals surface area contributed by atoms with Crippen LogP contribution < -0.4 is 9.46 Å². The summed E-state index contributed by atoms with van der Waals surface area (Å²) in [6.45, 7) is 1.85. The topological polar surface area (TPSA) is 55.4 Å². The lowest BCUT2D eigenvalue weighted by Crippen LogP contribution is -2.34. The van der Waals surface area contributed by atoms with E-state index in [-0.39, 0.29) is 10.9 Å². The van der Waals surface area contributed by atoms with Crippen molar-refractivity contribution < 1.29 is 13.2 Å². The smallest absolute Gasteiger partial charge is 0.240 e. The normalized spacial score (nSPS) is 13.1. The summed E-state index contributed by atoms with van der Waals surface area (Å²) in [6, 6.07) is 6.52. The van der Waals surface area contributed by atoms with Gasteiger partial charge in [0.2, 0.25) is 10.0 Å². The first-order valence-corrected chi connectivity index (χ1v) is 9.51. The van der Waals surface area contributed by atoms with E-state index < -0.39 is 10.0 Å². The van der Waals surface area contributed by atoms with E-state index in [2.05, 4.69) is 20.7 Å². The largest absolute Gasteiger partial charge is 0.496 e. The highest BCUT2D eigenvalue weighted by Gasteiger charge is 2.19. The van der Waals surface area contributed by atoms with E-state index in [1.807, 2.05) is 23.8 Å². The highest BCUT2D eigenvalue weighted by atomic mass is 79.9. The highest BCUT2D eigenvalue weighted by molar-refractivity contribution is 9.10. The van der Waals surface area contributed by atoms with Crippen molar-refractivity contribution in [3.05, 3.63) is 45.1 Å². The first kappa shape index (κ1) is 16.5. The molecule has 0 spiro atoms. The molecule has 1 heterocycles. The second-order valence-electron chi connectivity index (χ2n) is 4.65. The fourth-order valence-corrected chi connectivity index (χ4v) is 4.59. The minimum atomic E-state index is -3.54. The van der Waals surface area contributed by atoms with Gasteiger partial charge in [-0.3, -0.25) is 0 Å². The van der Waals surface area contributed by atoms with Crippen LogP contribution in [0, 0.1) is 0 Å². The lowest BCUT2D eigenvalue weighted by atomic mass is 10.1. The number of halogens is 1. The van der Waals surface area contributed by atoms with Gasteiger partial charge in [0.25, 0.3) is 0 Å². The zero-order valence-corrected chi connectivity index (χ0v) is 14.9. The molecule has 0 saturated carbocycles. The number of methoxy groups -OCH3 is 1. The zero-order valence-electron chi connectivity index (χ0n) is 11.7. The first-order valence-electron chi connectivity index (χ1n) is 6.29. The molecule has 1 atom stereocenters. The molecule has 1 aromatic carbocycles. The van der Waals surface area contributed by atoms with Crippen LogP contribution in [0.5, 0.6) is 5.75 Å². The van der Waals surface area contributed by atoms with E-state index in [0.29, 0.717) is 16.6 Å². The van der Waals surface area contributed by atoms with Crippen LogP contribution in [0.2, 0.25) is 0 Å². The van der Waals surface area contributed by atoms with Gasteiger partial charge in [-0.1, -0.05) is 0 Å². The molecule has 2 aromatic rings. The molecule has 21 heavy (non-hydrogen) atoms. The van der Waals surface area contributed by atoms with E-state index in [9.17, 15) is 8.42 Å². The van der Waals surface area contributed by atoms with Crippen LogP contribution in [0.4, 0.5) is 0 Å². The van der Waals surface area contributed by atoms with Gasteiger partial charge in [0.05, 0.1) is 16.5 Å². The molecule has 1 aromatic heterocycles. The maximum atomic E-state index is 12.4. The SMILES string of the molecule is COc1ccc(S(=O)(=O)NC(C)Cc2ccsc2)cc1Br. The van der Waals surface area contributed by atoms with Crippen molar-refractivity contribution in [2.45, 2.75) is 24.3 Å². The Morgan fingerprint density at radius 2 is 2.14 bits per heavy atom. The number of sulfonamides is 1. The fourth-order valence-electron chi connectivity index (χ4n) is 1.95. The second kappa shape index (κ2) is 6.91. The maximum absolute atomic E-state index is 12.4. The number of ether oxygens (including phenoxy) is 1. The monoisotopic (exact) mass is 389 g/mol. The van der Waals surface area contributed by atoms with Crippen molar-refractivity contribution in [1.82, 2.24) is 4.72 Å². The number of thiophene rings is 1. The molecule has 0 aliphatic carbocycles. The lowest BCUT2D eigenvalue weighted by molar-refractivity contribution is 0.411. The molecule has 7 heteroatoms. The maximum Gasteiger partial charge on any atom is 0.240 e. The third-order valence-electron chi connectivity index (χ3n) is 2.91. The van der Waals surface area contributed by atoms with E-state index >= 15 is 0 Å². The number of hydrogen-bond acceptors (Lipinski definition) is 4. The molecule has 0 bridgehead atoms. The highest BCUT2D eigenvalue weighted by Crippen LogP contribution is 2.27. The molecular weight excluding hydrogens is 374 g/mol. The van der Waals surface area contributed by atoms with Gasteiger partial charge in [-0.2, -0.15) is 11.3 Å². The van der Waals surface area contributed by atoms with Crippen LogP contribution >= 0.6 is 27.3 Å². The van der Waals surface area contributed by atoms with Crippen molar-refractivity contribution in [3.8, 4) is 5.75 Å². The first-order chi connectivity index (χ1) is 9.92. The summed E-state index contributed by atoms with van der Waals surface area (Å²) in [7, 11) is -2.01. The number of benzene rings is 1. The predicted octanol–water partition coefficient (Wildman–Crippen LogP) is 3.43. The van der Waals surface area contributed by atoms with E-state index in [0.717, 1.165) is 5.56 Å². The van der Waals surface area contributed by atoms with Gasteiger partial charge in [0.15, 0.2) is 0 Å². The van der Waals surface area contributed by atoms with Gasteiger partial charge in [-0.25, -0.2) is 13.1 Å². The summed E-state index contributed by atoms with van der Waals surface area (Å²) in [5.41, 5.74) is 1.13. The van der Waals surface area contributed by atoms with Crippen molar-refractivity contribution in [1.29, 1.82) is 0 Å². The average Bonchev–Trinajstić information content (AvgIpc) is 2.90. The Morgan fingerprint density at radius 3 is 2.71 bits per heavy atom. The van der Waals surface area contributed by atoms with Crippen molar-refractivity contribution in [2.24, 2.45) is 0 Å². The zero-order chi connectivity index (χ0) is 15.5. The van der Waals surface area contributed by atoms with Crippen LogP contribution in [-0.2, 0) is 16.4 Å². The predicted molar refractivity (Wildman–Crippen MR) is 88.5 cm³/mol. The van der Waals surface area contributed by atoms with Crippen LogP contribution in [0.15, 0.2) is 44.4 Å². The van der Waals surface area contributed by atoms with Crippen molar-refractivity contribution in [2.75, 3.05) is 7.11 Å². The van der Waals surface area contributed by atoms with Gasteiger partial charge >= 0.3 is 0 Å². The number of hydrogen-bond donors (Lipinski definition) is 1. The van der Waals surface area contributed by atoms with Gasteiger partial charge < -0.3 is 4.74 Å². The summed E-state index contributed by atoms with van der Waals surface area (Å²) in [5, 5.41) is 4.01. The summed E-state index contributed by atoms with van der Waals surface area (Å²) in [5.74, 6) is 0.597. The fraction of sp³-hybridized carbons (Fsp3) is 0.286. The third-order valence-corrected chi connectivity index (χ3v) is 5.85. The second-order valence-corrected chi connectivity index (χ2v) is 8.00. The Balaban J connectivity index is 2.12. The number of nitrogens with one attached hydrogen (secondary N) is 1. The molecule has 0 amide bonds. The van der Waals surface area contributed by atoms with Crippen LogP contribution in [0.3, 0.4) is 0 Å². The summed E-state index contributed by atoms with van der Waals surface area (Å²) in [4.78, 5) is 0.215. The third kappa shape index (κ3) is 4.29. The number of rotatable bonds is 6. The summed E-state index contributed by atoms with van der Waals surface area (Å²) >= 11 is 4.90. The molecule has 0 aliphatic heterocycles. The van der Waals surface area contributed by atoms with Crippen molar-refractivity contribution >= 4 is 37.3 Å². The van der Waals surface area contributed by atoms with E-state index in [1.165, 1.54) is 13.2 Å². The Bertz CT molecular complexity index is 699. The molecule has 4 nitrogen and oxygen atoms in total. The Hall–Kier alpha value is -0.890. The van der Waals surface area contributed by atoms with Gasteiger partial charge in [-0.05, 0) is 69.9 Å². The van der Waals surface area contributed by atoms with Crippen molar-refractivity contribution in [3.63, 3.8) is 0 Å². The van der Waals surface area contributed by atoms with Gasteiger partial charge in [0.1, 0.15) is 5.75 Å². The molecule has 0 fully saturated rings. The van der Waals surface area contributed by atoms with E-state index in [1.54, 1.807) is 23.5 Å². The molecule has 2 rings (SSSR count). The van der Waals surface area contributed by atoms with Crippen LogP contribution in [-0.4, -0.2) is 21.6 Å². The Morgan fingerprint density at radius 1 is 1.38 bits per heavy atom. The molecule has 1 unspecified atom stereocenters. The molecular formula is C14H16BrNO3S2. The lowest BCUT2D eigenvalue weighted by Gasteiger charge is -2.14. The summed E-state index contributed by atoms with van der Waals surface area (Å²) < 4.78 is 33.1. The van der Waals surface area contributed by atoms with Gasteiger partial charge in [0, 0.05) is 6.04 Å². The van der Waals surface area contributed by atoms with Crippen LogP contribution in [0.25, 0.3) is 0 Å². The Kier molecular flexibility index (Phi) is 5.43. The van der Waals surface area contributed by atoms with Gasteiger partial charge in [-0.15, -0.1) is 0 Å². The minimum Gasteiger partial charge on any atom is -0.496 e. The standard InChI is InChI=1S/C14H16BrNO3S2/c1-10(7-11-5-6-20-9-11)16-21(17,18)12-3-4-14(19-2)13(15)8-12/h3-6,8-10,16H,7H2,1-2H3. The molecule has 0 saturated heterocycles. The average molecular weight is 390 g/mol.